The summed E-state index contributed by atoms with van der Waals surface area (Å²) in [6, 6.07) is 13.0. The van der Waals surface area contributed by atoms with Crippen molar-refractivity contribution in [3.8, 4) is 0 Å². The quantitative estimate of drug-likeness (QED) is 0.446. The zero-order valence-electron chi connectivity index (χ0n) is 21.4. The predicted octanol–water partition coefficient (Wildman–Crippen LogP) is 4.81. The van der Waals surface area contributed by atoms with E-state index in [1.807, 2.05) is 31.2 Å². The predicted molar refractivity (Wildman–Crippen MR) is 139 cm³/mol. The van der Waals surface area contributed by atoms with Gasteiger partial charge in [-0.2, -0.15) is 9.47 Å². The molecule has 200 valence electrons. The molecule has 0 aliphatic carbocycles. The SMILES string of the molecule is Cc1ccccc1Nc1nc2ccc(CC(=O)[N+]3(C(=O)N4CCC(CC(=O)O)CC4)CCC(F)C3)cc2o1. The van der Waals surface area contributed by atoms with Gasteiger partial charge in [0, 0.05) is 31.6 Å². The smallest absolute Gasteiger partial charge is 0.426 e. The number of benzene rings is 2. The molecule has 2 fully saturated rings. The summed E-state index contributed by atoms with van der Waals surface area (Å²) in [4.78, 5) is 44.3. The maximum Gasteiger partial charge on any atom is 0.426 e. The number of imide groups is 1. The minimum Gasteiger partial charge on any atom is -0.481 e. The van der Waals surface area contributed by atoms with Crippen LogP contribution in [0, 0.1) is 12.8 Å². The molecule has 2 aromatic carbocycles. The number of likely N-dealkylation sites (tertiary alicyclic amines) is 2. The number of hydrogen-bond acceptors (Lipinski definition) is 6. The lowest BCUT2D eigenvalue weighted by Crippen LogP contribution is -2.62. The number of carbonyl (C=O) groups excluding carboxylic acids is 2. The van der Waals surface area contributed by atoms with Crippen molar-refractivity contribution in [3.63, 3.8) is 0 Å². The normalized spacial score (nSPS) is 22.1. The number of halogens is 1. The summed E-state index contributed by atoms with van der Waals surface area (Å²) in [6.07, 6.45) is 0.0882. The van der Waals surface area contributed by atoms with E-state index < -0.39 is 16.6 Å². The first-order chi connectivity index (χ1) is 18.2. The summed E-state index contributed by atoms with van der Waals surface area (Å²) >= 11 is 0. The van der Waals surface area contributed by atoms with E-state index in [0.717, 1.165) is 11.3 Å². The van der Waals surface area contributed by atoms with Crippen LogP contribution in [0.5, 0.6) is 0 Å². The second-order valence-electron chi connectivity index (χ2n) is 10.4. The molecule has 3 amide bonds. The molecule has 5 rings (SSSR count). The first-order valence-electron chi connectivity index (χ1n) is 13.0. The second kappa shape index (κ2) is 10.5. The number of aromatic nitrogens is 1. The topological polar surface area (TPSA) is 113 Å². The Labute approximate surface area is 219 Å². The summed E-state index contributed by atoms with van der Waals surface area (Å²) in [5.74, 6) is -1.19. The number of alkyl halides is 1. The van der Waals surface area contributed by atoms with Gasteiger partial charge in [-0.15, -0.1) is 0 Å². The summed E-state index contributed by atoms with van der Waals surface area (Å²) in [5.41, 5.74) is 3.72. The molecule has 0 radical (unpaired) electrons. The number of quaternary nitrogens is 1. The van der Waals surface area contributed by atoms with Crippen LogP contribution in [0.2, 0.25) is 0 Å². The Balaban J connectivity index is 1.31. The fourth-order valence-corrected chi connectivity index (χ4v) is 5.52. The first kappa shape index (κ1) is 25.8. The number of carbonyl (C=O) groups is 3. The van der Waals surface area contributed by atoms with Crippen LogP contribution in [0.15, 0.2) is 46.9 Å². The number of rotatable bonds is 6. The van der Waals surface area contributed by atoms with Crippen LogP contribution >= 0.6 is 0 Å². The Hall–Kier alpha value is -3.79. The number of nitrogens with one attached hydrogen (secondary N) is 1. The highest BCUT2D eigenvalue weighted by molar-refractivity contribution is 5.86. The number of aliphatic carboxylic acids is 1. The van der Waals surface area contributed by atoms with Crippen molar-refractivity contribution >= 4 is 40.7 Å². The van der Waals surface area contributed by atoms with Crippen LogP contribution in [0.4, 0.5) is 20.9 Å². The van der Waals surface area contributed by atoms with Gasteiger partial charge in [0.25, 0.3) is 6.01 Å². The number of nitrogens with zero attached hydrogens (tertiary/aromatic N) is 3. The van der Waals surface area contributed by atoms with E-state index in [0.29, 0.717) is 48.6 Å². The molecule has 2 saturated heterocycles. The van der Waals surface area contributed by atoms with Gasteiger partial charge in [0.2, 0.25) is 0 Å². The van der Waals surface area contributed by atoms with Gasteiger partial charge in [-0.25, -0.2) is 14.0 Å². The zero-order valence-corrected chi connectivity index (χ0v) is 21.4. The molecule has 1 aromatic heterocycles. The summed E-state index contributed by atoms with van der Waals surface area (Å²) < 4.78 is 19.8. The number of para-hydroxylation sites is 1. The molecule has 3 aromatic rings. The van der Waals surface area contributed by atoms with E-state index in [9.17, 15) is 18.8 Å². The van der Waals surface area contributed by atoms with Crippen molar-refractivity contribution < 1.29 is 32.8 Å². The molecule has 38 heavy (non-hydrogen) atoms. The molecular formula is C28H32FN4O5+. The number of piperidine rings is 1. The van der Waals surface area contributed by atoms with Crippen LogP contribution in [0.3, 0.4) is 0 Å². The molecule has 2 aliphatic rings. The monoisotopic (exact) mass is 523 g/mol. The van der Waals surface area contributed by atoms with Crippen molar-refractivity contribution in [3.05, 3.63) is 53.6 Å². The lowest BCUT2D eigenvalue weighted by Gasteiger charge is -2.37. The van der Waals surface area contributed by atoms with Gasteiger partial charge in [-0.1, -0.05) is 24.3 Å². The van der Waals surface area contributed by atoms with Gasteiger partial charge in [0.1, 0.15) is 12.1 Å². The third-order valence-corrected chi connectivity index (χ3v) is 7.72. The molecule has 2 unspecified atom stereocenters. The van der Waals surface area contributed by atoms with Gasteiger partial charge in [0.15, 0.2) is 11.8 Å². The first-order valence-corrected chi connectivity index (χ1v) is 13.0. The largest absolute Gasteiger partial charge is 0.481 e. The molecule has 2 aliphatic heterocycles. The number of anilines is 2. The van der Waals surface area contributed by atoms with E-state index in [1.54, 1.807) is 23.1 Å². The Morgan fingerprint density at radius 2 is 1.92 bits per heavy atom. The maximum atomic E-state index is 14.4. The van der Waals surface area contributed by atoms with Crippen molar-refractivity contribution in [2.24, 2.45) is 5.92 Å². The number of amides is 3. The summed E-state index contributed by atoms with van der Waals surface area (Å²) in [6.45, 7) is 2.70. The Morgan fingerprint density at radius 3 is 2.61 bits per heavy atom. The molecule has 3 heterocycles. The minimum atomic E-state index is -1.22. The number of carboxylic acid groups (broad SMARTS) is 1. The fraction of sp³-hybridized carbons (Fsp3) is 0.429. The third kappa shape index (κ3) is 5.26. The van der Waals surface area contributed by atoms with Crippen LogP contribution < -0.4 is 5.32 Å². The average molecular weight is 524 g/mol. The van der Waals surface area contributed by atoms with Gasteiger partial charge in [-0.3, -0.25) is 9.69 Å². The molecule has 2 atom stereocenters. The van der Waals surface area contributed by atoms with Crippen molar-refractivity contribution in [1.29, 1.82) is 0 Å². The third-order valence-electron chi connectivity index (χ3n) is 7.72. The Bertz CT molecular complexity index is 1370. The Kier molecular flexibility index (Phi) is 7.16. The highest BCUT2D eigenvalue weighted by Gasteiger charge is 2.53. The van der Waals surface area contributed by atoms with Crippen LogP contribution in [0.1, 0.15) is 36.8 Å². The van der Waals surface area contributed by atoms with Crippen LogP contribution in [-0.2, 0) is 16.0 Å². The van der Waals surface area contributed by atoms with E-state index in [2.05, 4.69) is 10.3 Å². The molecule has 0 spiro atoms. The molecular weight excluding hydrogens is 491 g/mol. The number of hydrogen-bond donors (Lipinski definition) is 2. The van der Waals surface area contributed by atoms with E-state index in [4.69, 9.17) is 9.52 Å². The van der Waals surface area contributed by atoms with Gasteiger partial charge in [0.05, 0.1) is 13.0 Å². The lowest BCUT2D eigenvalue weighted by atomic mass is 9.94. The Morgan fingerprint density at radius 1 is 1.16 bits per heavy atom. The zero-order chi connectivity index (χ0) is 26.9. The standard InChI is InChI=1S/C28H31FN4O5/c1-18-4-2-3-5-22(18)30-27-31-23-7-6-20(14-24(23)38-27)15-25(34)33(13-10-21(29)17-33)28(37)32-11-8-19(9-12-32)16-26(35)36/h2-7,14,19,21H,8-13,15-17H2,1H3,(H-,30,31,35,36)/p+1. The summed E-state index contributed by atoms with van der Waals surface area (Å²) in [5, 5.41) is 12.2. The van der Waals surface area contributed by atoms with E-state index in [-0.39, 0.29) is 50.2 Å². The van der Waals surface area contributed by atoms with Crippen molar-refractivity contribution in [1.82, 2.24) is 9.88 Å². The van der Waals surface area contributed by atoms with Gasteiger partial charge >= 0.3 is 17.9 Å². The second-order valence-corrected chi connectivity index (χ2v) is 10.4. The summed E-state index contributed by atoms with van der Waals surface area (Å²) in [7, 11) is 0. The number of urea groups is 1. The van der Waals surface area contributed by atoms with Crippen LogP contribution in [-0.4, -0.2) is 69.7 Å². The molecule has 2 N–H and O–H groups in total. The number of aryl methyl sites for hydroxylation is 1. The van der Waals surface area contributed by atoms with Gasteiger partial charge < -0.3 is 14.8 Å². The number of carboxylic acids is 1. The van der Waals surface area contributed by atoms with E-state index >= 15 is 0 Å². The van der Waals surface area contributed by atoms with Crippen molar-refractivity contribution in [2.45, 2.75) is 45.2 Å². The fourth-order valence-electron chi connectivity index (χ4n) is 5.52. The number of fused-ring (bicyclic) bond motifs is 1. The average Bonchev–Trinajstić information content (AvgIpc) is 3.48. The highest BCUT2D eigenvalue weighted by atomic mass is 19.1. The van der Waals surface area contributed by atoms with E-state index in [1.165, 1.54) is 0 Å². The molecule has 0 bridgehead atoms. The van der Waals surface area contributed by atoms with Crippen molar-refractivity contribution in [2.75, 3.05) is 31.5 Å². The number of oxazole rings is 1. The minimum absolute atomic E-state index is 0.00650. The lowest BCUT2D eigenvalue weighted by molar-refractivity contribution is -0.765. The molecule has 9 nitrogen and oxygen atoms in total. The maximum absolute atomic E-state index is 14.4. The van der Waals surface area contributed by atoms with Crippen LogP contribution in [0.25, 0.3) is 11.1 Å². The molecule has 10 heteroatoms. The highest BCUT2D eigenvalue weighted by Crippen LogP contribution is 2.30. The van der Waals surface area contributed by atoms with Gasteiger partial charge in [-0.05, 0) is 55.0 Å². The molecule has 0 saturated carbocycles.